The van der Waals surface area contributed by atoms with Gasteiger partial charge in [-0.05, 0) is 77.5 Å². The van der Waals surface area contributed by atoms with Crippen LogP contribution in [0.1, 0.15) is 58.9 Å². The van der Waals surface area contributed by atoms with Crippen LogP contribution in [0.25, 0.3) is 0 Å². The van der Waals surface area contributed by atoms with E-state index in [-0.39, 0.29) is 5.76 Å². The highest BCUT2D eigenvalue weighted by atomic mass is 16.6. The number of hydrogen-bond donors (Lipinski definition) is 1. The molecule has 0 aromatic carbocycles. The Morgan fingerprint density at radius 3 is 2.62 bits per heavy atom. The normalized spacial score (nSPS) is 18.8. The number of rotatable bonds is 10. The van der Waals surface area contributed by atoms with Crippen LogP contribution in [-0.2, 0) is 16.0 Å². The zero-order valence-corrected chi connectivity index (χ0v) is 17.9. The number of aliphatic hydroxyl groups is 1. The summed E-state index contributed by atoms with van der Waals surface area (Å²) in [5.41, 5.74) is 5.22. The number of carbonyl (C=O) groups is 1. The van der Waals surface area contributed by atoms with Crippen LogP contribution in [0.2, 0.25) is 0 Å². The summed E-state index contributed by atoms with van der Waals surface area (Å²) < 4.78 is 10.2. The molecule has 4 heteroatoms. The summed E-state index contributed by atoms with van der Waals surface area (Å²) in [6.07, 6.45) is 18.3. The van der Waals surface area contributed by atoms with Crippen molar-refractivity contribution in [2.75, 3.05) is 0 Å². The number of carbonyl (C=O) groups excluding carboxylic acids is 1. The fourth-order valence-corrected chi connectivity index (χ4v) is 3.10. The van der Waals surface area contributed by atoms with Crippen LogP contribution >= 0.6 is 0 Å². The van der Waals surface area contributed by atoms with Gasteiger partial charge in [-0.3, -0.25) is 0 Å². The van der Waals surface area contributed by atoms with Crippen LogP contribution in [0.3, 0.4) is 0 Å². The van der Waals surface area contributed by atoms with E-state index in [4.69, 9.17) is 9.15 Å². The highest BCUT2D eigenvalue weighted by Crippen LogP contribution is 2.23. The van der Waals surface area contributed by atoms with E-state index in [0.29, 0.717) is 5.57 Å². The van der Waals surface area contributed by atoms with Gasteiger partial charge in [0.25, 0.3) is 0 Å². The molecule has 1 N–H and O–H groups in total. The Kier molecular flexibility index (Phi) is 8.78. The fourth-order valence-electron chi connectivity index (χ4n) is 3.10. The predicted octanol–water partition coefficient (Wildman–Crippen LogP) is 6.54. The molecule has 0 bridgehead atoms. The average Bonchev–Trinajstić information content (AvgIpc) is 3.27. The maximum atomic E-state index is 11.4. The Bertz CT molecular complexity index is 832. The van der Waals surface area contributed by atoms with Crippen molar-refractivity contribution in [3.63, 3.8) is 0 Å². The van der Waals surface area contributed by atoms with Gasteiger partial charge >= 0.3 is 5.97 Å². The molecule has 1 aromatic rings. The van der Waals surface area contributed by atoms with Gasteiger partial charge < -0.3 is 14.3 Å². The van der Waals surface area contributed by atoms with Gasteiger partial charge in [-0.2, -0.15) is 0 Å². The van der Waals surface area contributed by atoms with Crippen LogP contribution in [0, 0.1) is 0 Å². The first-order valence-corrected chi connectivity index (χ1v) is 10.2. The number of aryl methyl sites for hydroxylation is 1. The molecule has 29 heavy (non-hydrogen) atoms. The second-order valence-electron chi connectivity index (χ2n) is 7.69. The maximum absolute atomic E-state index is 11.4. The molecule has 1 aliphatic heterocycles. The van der Waals surface area contributed by atoms with Gasteiger partial charge in [-0.25, -0.2) is 4.79 Å². The van der Waals surface area contributed by atoms with E-state index in [1.54, 1.807) is 19.5 Å². The molecule has 1 aromatic heterocycles. The minimum Gasteiger partial charge on any atom is -0.507 e. The lowest BCUT2D eigenvalue weighted by Crippen LogP contribution is -2.08. The number of furan rings is 1. The Morgan fingerprint density at radius 1 is 1.21 bits per heavy atom. The molecular formula is C25H32O4. The SMILES string of the molecule is CC1=C(O)C(/C=C(\C)CCC/C(C)=C/C=C/C(C)=C/CCc2ccoc2)OC1=O. The largest absolute Gasteiger partial charge is 0.507 e. The molecule has 156 valence electrons. The Morgan fingerprint density at radius 2 is 1.97 bits per heavy atom. The molecule has 4 nitrogen and oxygen atoms in total. The van der Waals surface area contributed by atoms with Gasteiger partial charge in [0.05, 0.1) is 18.1 Å². The van der Waals surface area contributed by atoms with Crippen molar-refractivity contribution in [1.82, 2.24) is 0 Å². The van der Waals surface area contributed by atoms with Gasteiger partial charge in [0.1, 0.15) is 5.76 Å². The number of allylic oxidation sites excluding steroid dienone is 7. The maximum Gasteiger partial charge on any atom is 0.338 e. The number of hydrogen-bond acceptors (Lipinski definition) is 4. The van der Waals surface area contributed by atoms with Crippen molar-refractivity contribution in [2.45, 2.75) is 65.9 Å². The summed E-state index contributed by atoms with van der Waals surface area (Å²) in [5, 5.41) is 9.90. The topological polar surface area (TPSA) is 59.7 Å². The highest BCUT2D eigenvalue weighted by molar-refractivity contribution is 5.91. The molecule has 0 amide bonds. The van der Waals surface area contributed by atoms with E-state index in [2.05, 4.69) is 38.2 Å². The zero-order valence-electron chi connectivity index (χ0n) is 17.9. The minimum absolute atomic E-state index is 0.0313. The molecule has 1 aliphatic rings. The summed E-state index contributed by atoms with van der Waals surface area (Å²) in [6.45, 7) is 7.84. The molecule has 0 saturated carbocycles. The molecule has 1 unspecified atom stereocenters. The smallest absolute Gasteiger partial charge is 0.338 e. The first-order chi connectivity index (χ1) is 13.9. The Labute approximate surface area is 174 Å². The number of cyclic esters (lactones) is 1. The summed E-state index contributed by atoms with van der Waals surface area (Å²) in [7, 11) is 0. The predicted molar refractivity (Wildman–Crippen MR) is 116 cm³/mol. The van der Waals surface area contributed by atoms with Crippen LogP contribution in [0.5, 0.6) is 0 Å². The molecular weight excluding hydrogens is 364 g/mol. The second-order valence-corrected chi connectivity index (χ2v) is 7.69. The Balaban J connectivity index is 1.70. The van der Waals surface area contributed by atoms with Crippen LogP contribution in [0.4, 0.5) is 0 Å². The quantitative estimate of drug-likeness (QED) is 0.277. The van der Waals surface area contributed by atoms with E-state index in [9.17, 15) is 9.90 Å². The molecule has 2 heterocycles. The van der Waals surface area contributed by atoms with Crippen LogP contribution in [0.15, 0.2) is 81.4 Å². The van der Waals surface area contributed by atoms with Crippen molar-refractivity contribution in [3.8, 4) is 0 Å². The summed E-state index contributed by atoms with van der Waals surface area (Å²) in [5.74, 6) is -0.406. The third-order valence-electron chi connectivity index (χ3n) is 4.99. The monoisotopic (exact) mass is 396 g/mol. The van der Waals surface area contributed by atoms with Gasteiger partial charge in [-0.1, -0.05) is 41.0 Å². The number of aliphatic hydroxyl groups excluding tert-OH is 1. The fraction of sp³-hybridized carbons (Fsp3) is 0.400. The van der Waals surface area contributed by atoms with Gasteiger partial charge in [0.15, 0.2) is 6.10 Å². The molecule has 0 spiro atoms. The lowest BCUT2D eigenvalue weighted by atomic mass is 10.0. The van der Waals surface area contributed by atoms with Crippen LogP contribution in [-0.4, -0.2) is 17.2 Å². The van der Waals surface area contributed by atoms with Gasteiger partial charge in [0.2, 0.25) is 0 Å². The number of esters is 1. The molecule has 0 radical (unpaired) electrons. The lowest BCUT2D eigenvalue weighted by Gasteiger charge is -2.08. The van der Waals surface area contributed by atoms with E-state index in [0.717, 1.165) is 37.7 Å². The number of ether oxygens (including phenoxy) is 1. The van der Waals surface area contributed by atoms with Crippen molar-refractivity contribution in [3.05, 3.63) is 82.6 Å². The Hall–Kier alpha value is -2.75. The molecule has 0 fully saturated rings. The van der Waals surface area contributed by atoms with Gasteiger partial charge in [-0.15, -0.1) is 0 Å². The lowest BCUT2D eigenvalue weighted by molar-refractivity contribution is -0.138. The molecule has 0 saturated heterocycles. The van der Waals surface area contributed by atoms with Crippen molar-refractivity contribution in [2.24, 2.45) is 0 Å². The molecule has 1 atom stereocenters. The first-order valence-electron chi connectivity index (χ1n) is 10.2. The van der Waals surface area contributed by atoms with E-state index < -0.39 is 12.1 Å². The van der Waals surface area contributed by atoms with Crippen LogP contribution < -0.4 is 0 Å². The summed E-state index contributed by atoms with van der Waals surface area (Å²) >= 11 is 0. The third kappa shape index (κ3) is 7.65. The van der Waals surface area contributed by atoms with E-state index in [1.165, 1.54) is 16.7 Å². The average molecular weight is 397 g/mol. The highest BCUT2D eigenvalue weighted by Gasteiger charge is 2.29. The third-order valence-corrected chi connectivity index (χ3v) is 4.99. The van der Waals surface area contributed by atoms with Crippen molar-refractivity contribution >= 4 is 5.97 Å². The summed E-state index contributed by atoms with van der Waals surface area (Å²) in [6, 6.07) is 2.00. The van der Waals surface area contributed by atoms with E-state index >= 15 is 0 Å². The standard InChI is InChI=1S/C25H32O4/c1-18(8-5-9-19(2)11-7-13-22-14-15-28-17-22)10-6-12-20(3)16-23-24(26)21(4)25(27)29-23/h5,8-9,11,14-17,23,26H,6-7,10,12-13H2,1-4H3/b9-5+,18-8+,19-11+,20-16+. The first kappa shape index (κ1) is 22.5. The molecule has 0 aliphatic carbocycles. The van der Waals surface area contributed by atoms with Crippen molar-refractivity contribution < 1.29 is 19.1 Å². The summed E-state index contributed by atoms with van der Waals surface area (Å²) in [4.78, 5) is 11.4. The van der Waals surface area contributed by atoms with E-state index in [1.807, 2.05) is 19.1 Å². The van der Waals surface area contributed by atoms with Crippen molar-refractivity contribution in [1.29, 1.82) is 0 Å². The minimum atomic E-state index is -0.620. The second kappa shape index (κ2) is 11.3. The zero-order chi connectivity index (χ0) is 21.2. The molecule has 2 rings (SSSR count). The van der Waals surface area contributed by atoms with Gasteiger partial charge in [0, 0.05) is 0 Å².